The van der Waals surface area contributed by atoms with Crippen LogP contribution >= 0.6 is 0 Å². The number of fused-ring (bicyclic) bond motifs is 1. The van der Waals surface area contributed by atoms with Crippen molar-refractivity contribution in [3.05, 3.63) is 64.7 Å². The van der Waals surface area contributed by atoms with Gasteiger partial charge in [-0.2, -0.15) is 0 Å². The number of hydrogen-bond acceptors (Lipinski definition) is 2. The van der Waals surface area contributed by atoms with Crippen LogP contribution in [0.1, 0.15) is 27.0 Å². The number of carbonyl (C=O) groups excluding carboxylic acids is 1. The van der Waals surface area contributed by atoms with Crippen molar-refractivity contribution in [3.63, 3.8) is 0 Å². The van der Waals surface area contributed by atoms with Crippen LogP contribution in [0.3, 0.4) is 0 Å². The molecule has 0 saturated carbocycles. The Balaban J connectivity index is 1.81. The van der Waals surface area contributed by atoms with Gasteiger partial charge in [-0.1, -0.05) is 42.0 Å². The number of amides is 1. The van der Waals surface area contributed by atoms with E-state index in [1.165, 1.54) is 5.56 Å². The third-order valence-corrected chi connectivity index (χ3v) is 3.60. The van der Waals surface area contributed by atoms with Gasteiger partial charge in [0.25, 0.3) is 5.91 Å². The molecule has 1 aliphatic rings. The molecule has 0 unspecified atom stereocenters. The zero-order chi connectivity index (χ0) is 14.1. The lowest BCUT2D eigenvalue weighted by Crippen LogP contribution is -2.18. The number of aryl methyl sites for hydroxylation is 1. The average molecular weight is 267 g/mol. The Labute approximate surface area is 118 Å². The van der Waals surface area contributed by atoms with Crippen LogP contribution in [0.4, 0.5) is 0 Å². The molecule has 3 nitrogen and oxygen atoms in total. The van der Waals surface area contributed by atoms with Gasteiger partial charge in [0.1, 0.15) is 12.4 Å². The van der Waals surface area contributed by atoms with Crippen LogP contribution < -0.4 is 4.74 Å². The molecule has 1 heterocycles. The molecule has 1 aliphatic heterocycles. The van der Waals surface area contributed by atoms with Gasteiger partial charge in [-0.15, -0.1) is 0 Å². The fourth-order valence-electron chi connectivity index (χ4n) is 2.43. The van der Waals surface area contributed by atoms with Crippen molar-refractivity contribution in [1.82, 2.24) is 4.90 Å². The quantitative estimate of drug-likeness (QED) is 0.855. The third-order valence-electron chi connectivity index (χ3n) is 3.60. The molecule has 20 heavy (non-hydrogen) atoms. The molecule has 3 heteroatoms. The first-order valence-electron chi connectivity index (χ1n) is 6.71. The van der Waals surface area contributed by atoms with Crippen LogP contribution in [0.25, 0.3) is 0 Å². The van der Waals surface area contributed by atoms with Crippen molar-refractivity contribution in [2.24, 2.45) is 0 Å². The van der Waals surface area contributed by atoms with Crippen molar-refractivity contribution < 1.29 is 9.53 Å². The van der Waals surface area contributed by atoms with Crippen molar-refractivity contribution in [1.29, 1.82) is 0 Å². The summed E-state index contributed by atoms with van der Waals surface area (Å²) in [6.45, 7) is 3.20. The first kappa shape index (κ1) is 12.7. The minimum Gasteiger partial charge on any atom is -0.488 e. The molecule has 102 valence electrons. The van der Waals surface area contributed by atoms with Gasteiger partial charge < -0.3 is 9.64 Å². The maximum Gasteiger partial charge on any atom is 0.258 e. The molecule has 0 aliphatic carbocycles. The summed E-state index contributed by atoms with van der Waals surface area (Å²) in [4.78, 5) is 13.8. The zero-order valence-electron chi connectivity index (χ0n) is 11.7. The number of nitrogens with zero attached hydrogens (tertiary/aromatic N) is 1. The SMILES string of the molecule is Cc1ccc(COc2cccc3c2C(=O)N(C)C3)cc1. The molecule has 2 aromatic rings. The fourth-order valence-corrected chi connectivity index (χ4v) is 2.43. The van der Waals surface area contributed by atoms with Crippen molar-refractivity contribution in [2.45, 2.75) is 20.1 Å². The van der Waals surface area contributed by atoms with E-state index in [0.29, 0.717) is 24.5 Å². The molecule has 1 amide bonds. The van der Waals surface area contributed by atoms with E-state index in [2.05, 4.69) is 19.1 Å². The second kappa shape index (κ2) is 5.00. The summed E-state index contributed by atoms with van der Waals surface area (Å²) in [5, 5.41) is 0. The smallest absolute Gasteiger partial charge is 0.258 e. The van der Waals surface area contributed by atoms with E-state index in [-0.39, 0.29) is 5.91 Å². The van der Waals surface area contributed by atoms with E-state index < -0.39 is 0 Å². The summed E-state index contributed by atoms with van der Waals surface area (Å²) in [7, 11) is 1.81. The lowest BCUT2D eigenvalue weighted by molar-refractivity contribution is 0.0813. The van der Waals surface area contributed by atoms with Gasteiger partial charge in [-0.3, -0.25) is 4.79 Å². The predicted octanol–water partition coefficient (Wildman–Crippen LogP) is 3.16. The van der Waals surface area contributed by atoms with Crippen LogP contribution in [-0.2, 0) is 13.2 Å². The average Bonchev–Trinajstić information content (AvgIpc) is 2.74. The van der Waals surface area contributed by atoms with Crippen LogP contribution in [0.2, 0.25) is 0 Å². The normalized spacial score (nSPS) is 13.5. The van der Waals surface area contributed by atoms with Crippen molar-refractivity contribution in [2.75, 3.05) is 7.05 Å². The molecular weight excluding hydrogens is 250 g/mol. The Hall–Kier alpha value is -2.29. The lowest BCUT2D eigenvalue weighted by Gasteiger charge is -2.10. The molecule has 0 aromatic heterocycles. The lowest BCUT2D eigenvalue weighted by atomic mass is 10.1. The van der Waals surface area contributed by atoms with Gasteiger partial charge in [-0.05, 0) is 24.1 Å². The van der Waals surface area contributed by atoms with Crippen LogP contribution in [0.5, 0.6) is 5.75 Å². The summed E-state index contributed by atoms with van der Waals surface area (Å²) >= 11 is 0. The topological polar surface area (TPSA) is 29.5 Å². The molecule has 0 spiro atoms. The van der Waals surface area contributed by atoms with E-state index in [9.17, 15) is 4.79 Å². The molecule has 2 aromatic carbocycles. The molecule has 0 bridgehead atoms. The van der Waals surface area contributed by atoms with E-state index in [1.54, 1.807) is 4.90 Å². The second-order valence-electron chi connectivity index (χ2n) is 5.23. The van der Waals surface area contributed by atoms with E-state index in [4.69, 9.17) is 4.74 Å². The highest BCUT2D eigenvalue weighted by Crippen LogP contribution is 2.30. The van der Waals surface area contributed by atoms with Gasteiger partial charge in [0, 0.05) is 13.6 Å². The highest BCUT2D eigenvalue weighted by atomic mass is 16.5. The summed E-state index contributed by atoms with van der Waals surface area (Å²) in [5.41, 5.74) is 4.08. The summed E-state index contributed by atoms with van der Waals surface area (Å²) in [6.07, 6.45) is 0. The van der Waals surface area contributed by atoms with Crippen LogP contribution in [0, 0.1) is 6.92 Å². The molecular formula is C17H17NO2. The zero-order valence-corrected chi connectivity index (χ0v) is 11.7. The molecule has 0 radical (unpaired) electrons. The van der Waals surface area contributed by atoms with Gasteiger partial charge in [0.2, 0.25) is 0 Å². The Morgan fingerprint density at radius 1 is 1.15 bits per heavy atom. The Kier molecular flexibility index (Phi) is 3.18. The summed E-state index contributed by atoms with van der Waals surface area (Å²) < 4.78 is 5.85. The van der Waals surface area contributed by atoms with Gasteiger partial charge in [0.05, 0.1) is 5.56 Å². The number of ether oxygens (including phenoxy) is 1. The summed E-state index contributed by atoms with van der Waals surface area (Å²) in [6, 6.07) is 14.0. The molecule has 0 saturated heterocycles. The summed E-state index contributed by atoms with van der Waals surface area (Å²) in [5.74, 6) is 0.719. The number of carbonyl (C=O) groups is 1. The highest BCUT2D eigenvalue weighted by Gasteiger charge is 2.27. The first-order chi connectivity index (χ1) is 9.65. The Bertz CT molecular complexity index is 647. The minimum atomic E-state index is 0.0412. The van der Waals surface area contributed by atoms with Crippen molar-refractivity contribution >= 4 is 5.91 Å². The monoisotopic (exact) mass is 267 g/mol. The molecule has 3 rings (SSSR count). The molecule has 0 fully saturated rings. The number of hydrogen-bond donors (Lipinski definition) is 0. The van der Waals surface area contributed by atoms with Crippen LogP contribution in [0.15, 0.2) is 42.5 Å². The largest absolute Gasteiger partial charge is 0.488 e. The maximum absolute atomic E-state index is 12.1. The maximum atomic E-state index is 12.1. The predicted molar refractivity (Wildman–Crippen MR) is 77.8 cm³/mol. The Morgan fingerprint density at radius 3 is 2.65 bits per heavy atom. The third kappa shape index (κ3) is 2.27. The van der Waals surface area contributed by atoms with Crippen molar-refractivity contribution in [3.8, 4) is 5.75 Å². The first-order valence-corrected chi connectivity index (χ1v) is 6.71. The molecule has 0 atom stereocenters. The Morgan fingerprint density at radius 2 is 1.90 bits per heavy atom. The van der Waals surface area contributed by atoms with Gasteiger partial charge in [-0.25, -0.2) is 0 Å². The standard InChI is InChI=1S/C17H17NO2/c1-12-6-8-13(9-7-12)11-20-15-5-3-4-14-10-18(2)17(19)16(14)15/h3-9H,10-11H2,1-2H3. The van der Waals surface area contributed by atoms with Gasteiger partial charge in [0.15, 0.2) is 0 Å². The number of benzene rings is 2. The second-order valence-corrected chi connectivity index (χ2v) is 5.23. The fraction of sp³-hybridized carbons (Fsp3) is 0.235. The minimum absolute atomic E-state index is 0.0412. The number of rotatable bonds is 3. The molecule has 0 N–H and O–H groups in total. The van der Waals surface area contributed by atoms with E-state index in [0.717, 1.165) is 11.1 Å². The van der Waals surface area contributed by atoms with Gasteiger partial charge >= 0.3 is 0 Å². The highest BCUT2D eigenvalue weighted by molar-refractivity contribution is 6.00. The van der Waals surface area contributed by atoms with Crippen LogP contribution in [-0.4, -0.2) is 17.9 Å². The van der Waals surface area contributed by atoms with E-state index in [1.807, 2.05) is 37.4 Å². The van der Waals surface area contributed by atoms with E-state index >= 15 is 0 Å².